The topological polar surface area (TPSA) is 55.8 Å². The number of hydrogen-bond donors (Lipinski definition) is 1. The predicted octanol–water partition coefficient (Wildman–Crippen LogP) is 3.11. The molecule has 2 aromatic carbocycles. The molecule has 0 aliphatic heterocycles. The van der Waals surface area contributed by atoms with Gasteiger partial charge < -0.3 is 14.6 Å². The van der Waals surface area contributed by atoms with Crippen molar-refractivity contribution in [2.24, 2.45) is 0 Å². The zero-order valence-electron chi connectivity index (χ0n) is 12.1. The Balaban J connectivity index is 1.95. The van der Waals surface area contributed by atoms with E-state index >= 15 is 0 Å². The molecular formula is C17H18O4. The molecule has 0 aliphatic rings. The van der Waals surface area contributed by atoms with Gasteiger partial charge >= 0.3 is 5.97 Å². The third-order valence-corrected chi connectivity index (χ3v) is 3.14. The molecule has 1 N–H and O–H groups in total. The van der Waals surface area contributed by atoms with Crippen molar-refractivity contribution in [3.05, 3.63) is 65.2 Å². The molecule has 0 saturated carbocycles. The van der Waals surface area contributed by atoms with Crippen LogP contribution in [-0.4, -0.2) is 18.2 Å². The molecule has 0 amide bonds. The molecule has 1 unspecified atom stereocenters. The minimum absolute atomic E-state index is 0.351. The third kappa shape index (κ3) is 4.07. The number of aliphatic hydroxyl groups is 1. The van der Waals surface area contributed by atoms with Gasteiger partial charge in [0.1, 0.15) is 12.4 Å². The summed E-state index contributed by atoms with van der Waals surface area (Å²) in [6, 6.07) is 14.4. The zero-order chi connectivity index (χ0) is 15.2. The van der Waals surface area contributed by atoms with Gasteiger partial charge in [0.05, 0.1) is 18.8 Å². The molecular weight excluding hydrogens is 268 g/mol. The van der Waals surface area contributed by atoms with E-state index in [1.807, 2.05) is 36.4 Å². The van der Waals surface area contributed by atoms with E-state index < -0.39 is 6.10 Å². The number of carbonyl (C=O) groups excluding carboxylic acids is 1. The van der Waals surface area contributed by atoms with Gasteiger partial charge in [0.15, 0.2) is 0 Å². The fourth-order valence-corrected chi connectivity index (χ4v) is 1.86. The molecule has 0 heterocycles. The second kappa shape index (κ2) is 6.90. The summed E-state index contributed by atoms with van der Waals surface area (Å²) in [5, 5.41) is 9.44. The lowest BCUT2D eigenvalue weighted by molar-refractivity contribution is 0.0600. The summed E-state index contributed by atoms with van der Waals surface area (Å²) in [6.07, 6.45) is -0.482. The largest absolute Gasteiger partial charge is 0.489 e. The van der Waals surface area contributed by atoms with Crippen LogP contribution in [0.15, 0.2) is 48.5 Å². The number of aliphatic hydroxyl groups excluding tert-OH is 1. The number of ether oxygens (including phenoxy) is 2. The lowest BCUT2D eigenvalue weighted by Gasteiger charge is -2.09. The van der Waals surface area contributed by atoms with Crippen molar-refractivity contribution < 1.29 is 19.4 Å². The minimum atomic E-state index is -0.482. The van der Waals surface area contributed by atoms with Crippen LogP contribution in [0.4, 0.5) is 0 Å². The van der Waals surface area contributed by atoms with Crippen molar-refractivity contribution in [1.29, 1.82) is 0 Å². The molecule has 21 heavy (non-hydrogen) atoms. The lowest BCUT2D eigenvalue weighted by atomic mass is 10.1. The number of carbonyl (C=O) groups is 1. The van der Waals surface area contributed by atoms with Crippen molar-refractivity contribution in [3.63, 3.8) is 0 Å². The number of benzene rings is 2. The van der Waals surface area contributed by atoms with Gasteiger partial charge in [0.25, 0.3) is 0 Å². The first-order valence-electron chi connectivity index (χ1n) is 6.68. The Morgan fingerprint density at radius 1 is 1.10 bits per heavy atom. The van der Waals surface area contributed by atoms with E-state index in [1.54, 1.807) is 19.1 Å². The summed E-state index contributed by atoms with van der Waals surface area (Å²) in [6.45, 7) is 2.13. The van der Waals surface area contributed by atoms with Crippen molar-refractivity contribution >= 4 is 5.97 Å². The summed E-state index contributed by atoms with van der Waals surface area (Å²) in [5.74, 6) is 0.382. The highest BCUT2D eigenvalue weighted by atomic mass is 16.5. The normalized spacial score (nSPS) is 11.8. The summed E-state index contributed by atoms with van der Waals surface area (Å²) in [5.41, 5.74) is 2.33. The van der Waals surface area contributed by atoms with Crippen LogP contribution in [0.25, 0.3) is 0 Å². The fourth-order valence-electron chi connectivity index (χ4n) is 1.86. The quantitative estimate of drug-likeness (QED) is 0.858. The van der Waals surface area contributed by atoms with E-state index in [9.17, 15) is 9.90 Å². The van der Waals surface area contributed by atoms with E-state index in [-0.39, 0.29) is 5.97 Å². The third-order valence-electron chi connectivity index (χ3n) is 3.14. The Labute approximate surface area is 123 Å². The Kier molecular flexibility index (Phi) is 4.95. The molecule has 0 radical (unpaired) electrons. The maximum Gasteiger partial charge on any atom is 0.337 e. The fraction of sp³-hybridized carbons (Fsp3) is 0.235. The molecule has 110 valence electrons. The van der Waals surface area contributed by atoms with Crippen LogP contribution < -0.4 is 4.74 Å². The standard InChI is InChI=1S/C17H18O4/c1-12(18)14-7-9-16(10-8-14)21-11-13-3-5-15(6-4-13)17(19)20-2/h3-10,12,18H,11H2,1-2H3. The van der Waals surface area contributed by atoms with Gasteiger partial charge in [-0.3, -0.25) is 0 Å². The molecule has 0 fully saturated rings. The van der Waals surface area contributed by atoms with Gasteiger partial charge in [-0.15, -0.1) is 0 Å². The van der Waals surface area contributed by atoms with Gasteiger partial charge in [-0.05, 0) is 42.3 Å². The van der Waals surface area contributed by atoms with Gasteiger partial charge in [0.2, 0.25) is 0 Å². The van der Waals surface area contributed by atoms with Crippen LogP contribution in [0.3, 0.4) is 0 Å². The van der Waals surface area contributed by atoms with E-state index in [0.717, 1.165) is 16.9 Å². The highest BCUT2D eigenvalue weighted by Gasteiger charge is 2.05. The first-order chi connectivity index (χ1) is 10.1. The maximum atomic E-state index is 11.3. The number of rotatable bonds is 5. The highest BCUT2D eigenvalue weighted by molar-refractivity contribution is 5.89. The summed E-state index contributed by atoms with van der Waals surface area (Å²) >= 11 is 0. The summed E-state index contributed by atoms with van der Waals surface area (Å²) in [7, 11) is 1.36. The van der Waals surface area contributed by atoms with Crippen LogP contribution in [0.5, 0.6) is 5.75 Å². The summed E-state index contributed by atoms with van der Waals surface area (Å²) in [4.78, 5) is 11.3. The molecule has 1 atom stereocenters. The molecule has 0 bridgehead atoms. The number of methoxy groups -OCH3 is 1. The first kappa shape index (κ1) is 15.1. The number of esters is 1. The van der Waals surface area contributed by atoms with Crippen molar-refractivity contribution in [2.45, 2.75) is 19.6 Å². The zero-order valence-corrected chi connectivity index (χ0v) is 12.1. The predicted molar refractivity (Wildman–Crippen MR) is 79.2 cm³/mol. The Bertz CT molecular complexity index is 585. The van der Waals surface area contributed by atoms with Gasteiger partial charge in [0, 0.05) is 0 Å². The SMILES string of the molecule is COC(=O)c1ccc(COc2ccc(C(C)O)cc2)cc1. The van der Waals surface area contributed by atoms with E-state index in [0.29, 0.717) is 12.2 Å². The Morgan fingerprint density at radius 3 is 2.24 bits per heavy atom. The smallest absolute Gasteiger partial charge is 0.337 e. The van der Waals surface area contributed by atoms with Crippen molar-refractivity contribution in [1.82, 2.24) is 0 Å². The highest BCUT2D eigenvalue weighted by Crippen LogP contribution is 2.18. The van der Waals surface area contributed by atoms with E-state index in [4.69, 9.17) is 4.74 Å². The van der Waals surface area contributed by atoms with Crippen LogP contribution in [0.2, 0.25) is 0 Å². The lowest BCUT2D eigenvalue weighted by Crippen LogP contribution is -2.02. The van der Waals surface area contributed by atoms with Gasteiger partial charge in [-0.25, -0.2) is 4.79 Å². The average Bonchev–Trinajstić information content (AvgIpc) is 2.53. The monoisotopic (exact) mass is 286 g/mol. The van der Waals surface area contributed by atoms with Gasteiger partial charge in [-0.2, -0.15) is 0 Å². The van der Waals surface area contributed by atoms with Crippen LogP contribution in [0.1, 0.15) is 34.5 Å². The van der Waals surface area contributed by atoms with Crippen LogP contribution in [0, 0.1) is 0 Å². The maximum absolute atomic E-state index is 11.3. The second-order valence-electron chi connectivity index (χ2n) is 4.72. The molecule has 4 heteroatoms. The first-order valence-corrected chi connectivity index (χ1v) is 6.68. The molecule has 0 saturated heterocycles. The molecule has 2 aromatic rings. The molecule has 4 nitrogen and oxygen atoms in total. The molecule has 2 rings (SSSR count). The van der Waals surface area contributed by atoms with Crippen LogP contribution in [-0.2, 0) is 11.3 Å². The van der Waals surface area contributed by atoms with E-state index in [1.165, 1.54) is 7.11 Å². The number of hydrogen-bond acceptors (Lipinski definition) is 4. The molecule has 0 spiro atoms. The van der Waals surface area contributed by atoms with E-state index in [2.05, 4.69) is 4.74 Å². The van der Waals surface area contributed by atoms with Crippen LogP contribution >= 0.6 is 0 Å². The molecule has 0 aliphatic carbocycles. The summed E-state index contributed by atoms with van der Waals surface area (Å²) < 4.78 is 10.3. The molecule has 0 aromatic heterocycles. The average molecular weight is 286 g/mol. The Morgan fingerprint density at radius 2 is 1.71 bits per heavy atom. The minimum Gasteiger partial charge on any atom is -0.489 e. The van der Waals surface area contributed by atoms with Gasteiger partial charge in [-0.1, -0.05) is 24.3 Å². The second-order valence-corrected chi connectivity index (χ2v) is 4.72. The van der Waals surface area contributed by atoms with Crippen molar-refractivity contribution in [3.8, 4) is 5.75 Å². The Hall–Kier alpha value is -2.33. The van der Waals surface area contributed by atoms with Crippen molar-refractivity contribution in [2.75, 3.05) is 7.11 Å².